The number of amides is 1. The molecular formula is C24H23F2N5O. The molecule has 2 aromatic carbocycles. The van der Waals surface area contributed by atoms with E-state index < -0.39 is 11.6 Å². The SMILES string of the molecule is N#Cc1cc(F)c(N2CCN(Cc3ccc4c(c3)NC(=O)C3CCCN=C43)CC2)c(F)c1. The van der Waals surface area contributed by atoms with E-state index in [9.17, 15) is 13.6 Å². The second kappa shape index (κ2) is 8.32. The number of anilines is 2. The zero-order valence-electron chi connectivity index (χ0n) is 17.6. The Morgan fingerprint density at radius 1 is 1.12 bits per heavy atom. The number of nitrogens with one attached hydrogen (secondary N) is 1. The van der Waals surface area contributed by atoms with Gasteiger partial charge in [-0.1, -0.05) is 12.1 Å². The number of hydrogen-bond acceptors (Lipinski definition) is 5. The molecule has 0 radical (unpaired) electrons. The minimum atomic E-state index is -0.704. The zero-order valence-corrected chi connectivity index (χ0v) is 17.6. The lowest BCUT2D eigenvalue weighted by molar-refractivity contribution is -0.118. The third-order valence-corrected chi connectivity index (χ3v) is 6.44. The van der Waals surface area contributed by atoms with Gasteiger partial charge >= 0.3 is 0 Å². The highest BCUT2D eigenvalue weighted by atomic mass is 19.1. The molecule has 1 atom stereocenters. The molecule has 3 aliphatic rings. The molecule has 3 aliphatic heterocycles. The topological polar surface area (TPSA) is 71.7 Å². The molecule has 1 fully saturated rings. The molecule has 0 aromatic heterocycles. The van der Waals surface area contributed by atoms with Gasteiger partial charge in [-0.25, -0.2) is 8.78 Å². The fourth-order valence-corrected chi connectivity index (χ4v) is 4.83. The number of hydrogen-bond donors (Lipinski definition) is 1. The van der Waals surface area contributed by atoms with Crippen molar-refractivity contribution in [2.45, 2.75) is 19.4 Å². The lowest BCUT2D eigenvalue weighted by Gasteiger charge is -2.36. The van der Waals surface area contributed by atoms with Crippen LogP contribution >= 0.6 is 0 Å². The molecule has 8 heteroatoms. The molecular weight excluding hydrogens is 412 g/mol. The van der Waals surface area contributed by atoms with Crippen LogP contribution in [0.25, 0.3) is 0 Å². The predicted molar refractivity (Wildman–Crippen MR) is 118 cm³/mol. The largest absolute Gasteiger partial charge is 0.364 e. The van der Waals surface area contributed by atoms with Crippen LogP contribution in [-0.2, 0) is 11.3 Å². The number of benzene rings is 2. The first kappa shape index (κ1) is 20.6. The molecule has 164 valence electrons. The molecule has 0 bridgehead atoms. The van der Waals surface area contributed by atoms with Crippen LogP contribution in [0.15, 0.2) is 35.3 Å². The highest BCUT2D eigenvalue weighted by Crippen LogP contribution is 2.32. The number of nitrogens with zero attached hydrogens (tertiary/aromatic N) is 4. The normalized spacial score (nSPS) is 20.7. The van der Waals surface area contributed by atoms with Crippen LogP contribution in [-0.4, -0.2) is 49.2 Å². The van der Waals surface area contributed by atoms with Crippen molar-refractivity contribution in [1.29, 1.82) is 5.26 Å². The second-order valence-electron chi connectivity index (χ2n) is 8.49. The van der Waals surface area contributed by atoms with Crippen molar-refractivity contribution in [3.05, 3.63) is 58.7 Å². The molecule has 6 nitrogen and oxygen atoms in total. The lowest BCUT2D eigenvalue weighted by atomic mass is 9.85. The van der Waals surface area contributed by atoms with Gasteiger partial charge in [0, 0.05) is 44.8 Å². The number of nitriles is 1. The summed E-state index contributed by atoms with van der Waals surface area (Å²) >= 11 is 0. The Labute approximate surface area is 185 Å². The molecule has 3 heterocycles. The molecule has 1 N–H and O–H groups in total. The molecule has 0 saturated carbocycles. The molecule has 1 saturated heterocycles. The van der Waals surface area contributed by atoms with Gasteiger partial charge in [-0.3, -0.25) is 14.7 Å². The summed E-state index contributed by atoms with van der Waals surface area (Å²) < 4.78 is 28.7. The van der Waals surface area contributed by atoms with Crippen molar-refractivity contribution >= 4 is 23.0 Å². The number of halogens is 2. The minimum Gasteiger partial charge on any atom is -0.364 e. The molecule has 0 spiro atoms. The van der Waals surface area contributed by atoms with Crippen LogP contribution in [0.2, 0.25) is 0 Å². The number of carbonyl (C=O) groups excluding carboxylic acids is 1. The number of carbonyl (C=O) groups is 1. The van der Waals surface area contributed by atoms with Gasteiger partial charge in [0.05, 0.1) is 28.9 Å². The first-order chi connectivity index (χ1) is 15.5. The number of fused-ring (bicyclic) bond motifs is 3. The van der Waals surface area contributed by atoms with Crippen molar-refractivity contribution in [1.82, 2.24) is 4.90 Å². The van der Waals surface area contributed by atoms with Gasteiger partial charge < -0.3 is 10.2 Å². The number of aliphatic imine (C=N–C) groups is 1. The minimum absolute atomic E-state index is 0.0209. The van der Waals surface area contributed by atoms with Crippen LogP contribution in [0.5, 0.6) is 0 Å². The molecule has 1 amide bonds. The van der Waals surface area contributed by atoms with Gasteiger partial charge in [0.2, 0.25) is 5.91 Å². The van der Waals surface area contributed by atoms with Crippen molar-refractivity contribution in [3.8, 4) is 6.07 Å². The van der Waals surface area contributed by atoms with Crippen molar-refractivity contribution < 1.29 is 13.6 Å². The third-order valence-electron chi connectivity index (χ3n) is 6.44. The van der Waals surface area contributed by atoms with Gasteiger partial charge in [0.1, 0.15) is 5.69 Å². The smallest absolute Gasteiger partial charge is 0.233 e. The van der Waals surface area contributed by atoms with Gasteiger partial charge in [-0.2, -0.15) is 5.26 Å². The summed E-state index contributed by atoms with van der Waals surface area (Å²) in [5.41, 5.74) is 3.71. The van der Waals surface area contributed by atoms with E-state index in [0.717, 1.165) is 54.0 Å². The van der Waals surface area contributed by atoms with Gasteiger partial charge in [-0.05, 0) is 36.6 Å². The number of rotatable bonds is 3. The lowest BCUT2D eigenvalue weighted by Crippen LogP contribution is -2.46. The Morgan fingerprint density at radius 2 is 1.88 bits per heavy atom. The monoisotopic (exact) mass is 435 g/mol. The van der Waals surface area contributed by atoms with Gasteiger partial charge in [-0.15, -0.1) is 0 Å². The Kier molecular flexibility index (Phi) is 5.35. The van der Waals surface area contributed by atoms with Crippen molar-refractivity contribution in [3.63, 3.8) is 0 Å². The summed E-state index contributed by atoms with van der Waals surface area (Å²) in [7, 11) is 0. The summed E-state index contributed by atoms with van der Waals surface area (Å²) in [6.07, 6.45) is 1.79. The van der Waals surface area contributed by atoms with E-state index in [4.69, 9.17) is 5.26 Å². The molecule has 32 heavy (non-hydrogen) atoms. The van der Waals surface area contributed by atoms with Crippen molar-refractivity contribution in [2.75, 3.05) is 42.9 Å². The van der Waals surface area contributed by atoms with Crippen LogP contribution in [0.3, 0.4) is 0 Å². The Hall–Kier alpha value is -3.31. The average molecular weight is 435 g/mol. The Balaban J connectivity index is 1.27. The maximum absolute atomic E-state index is 14.3. The van der Waals surface area contributed by atoms with E-state index in [1.54, 1.807) is 11.0 Å². The Morgan fingerprint density at radius 3 is 2.59 bits per heavy atom. The maximum atomic E-state index is 14.3. The summed E-state index contributed by atoms with van der Waals surface area (Å²) in [5, 5.41) is 11.9. The van der Waals surface area contributed by atoms with Crippen molar-refractivity contribution in [2.24, 2.45) is 10.9 Å². The highest BCUT2D eigenvalue weighted by molar-refractivity contribution is 6.23. The predicted octanol–water partition coefficient (Wildman–Crippen LogP) is 3.31. The van der Waals surface area contributed by atoms with E-state index in [2.05, 4.69) is 21.3 Å². The van der Waals surface area contributed by atoms with E-state index in [-0.39, 0.29) is 23.1 Å². The fraction of sp³-hybridized carbons (Fsp3) is 0.375. The second-order valence-corrected chi connectivity index (χ2v) is 8.49. The van der Waals surface area contributed by atoms with Crippen LogP contribution in [0.1, 0.15) is 29.5 Å². The first-order valence-corrected chi connectivity index (χ1v) is 10.9. The van der Waals surface area contributed by atoms with Gasteiger partial charge in [0.25, 0.3) is 0 Å². The highest BCUT2D eigenvalue weighted by Gasteiger charge is 2.33. The van der Waals surface area contributed by atoms with Gasteiger partial charge in [0.15, 0.2) is 11.6 Å². The van der Waals surface area contributed by atoms with Crippen LogP contribution in [0.4, 0.5) is 20.2 Å². The van der Waals surface area contributed by atoms with E-state index in [1.165, 1.54) is 0 Å². The molecule has 2 aromatic rings. The Bertz CT molecular complexity index is 1120. The van der Waals surface area contributed by atoms with E-state index in [1.807, 2.05) is 12.1 Å². The van der Waals surface area contributed by atoms with Crippen LogP contribution in [0, 0.1) is 28.9 Å². The third kappa shape index (κ3) is 3.73. The number of piperazine rings is 1. The van der Waals surface area contributed by atoms with Crippen LogP contribution < -0.4 is 10.2 Å². The summed E-state index contributed by atoms with van der Waals surface area (Å²) in [6, 6.07) is 10.0. The zero-order chi connectivity index (χ0) is 22.2. The fourth-order valence-electron chi connectivity index (χ4n) is 4.83. The maximum Gasteiger partial charge on any atom is 0.233 e. The quantitative estimate of drug-likeness (QED) is 0.803. The first-order valence-electron chi connectivity index (χ1n) is 10.9. The summed E-state index contributed by atoms with van der Waals surface area (Å²) in [6.45, 7) is 3.73. The molecule has 1 unspecified atom stereocenters. The molecule has 0 aliphatic carbocycles. The summed E-state index contributed by atoms with van der Waals surface area (Å²) in [4.78, 5) is 21.0. The molecule has 5 rings (SSSR count). The van der Waals surface area contributed by atoms with E-state index >= 15 is 0 Å². The summed E-state index contributed by atoms with van der Waals surface area (Å²) in [5.74, 6) is -1.53. The average Bonchev–Trinajstić information content (AvgIpc) is 2.80. The van der Waals surface area contributed by atoms with E-state index in [0.29, 0.717) is 32.7 Å². The standard InChI is InChI=1S/C24H23F2N5O/c25-19-10-16(13-27)11-20(26)23(19)31-8-6-30(7-9-31)14-15-3-4-17-21(12-15)29-24(32)18-2-1-5-28-22(17)18/h3-4,10-12,18H,1-2,5-9,14H2,(H,29,32).